The molecule has 1 aromatic carbocycles. The maximum atomic E-state index is 6.25. The van der Waals surface area contributed by atoms with E-state index in [0.29, 0.717) is 5.02 Å². The summed E-state index contributed by atoms with van der Waals surface area (Å²) in [7, 11) is 0. The van der Waals surface area contributed by atoms with Gasteiger partial charge in [0.1, 0.15) is 0 Å². The Bertz CT molecular complexity index is 947. The minimum absolute atomic E-state index is 0.709. The smallest absolute Gasteiger partial charge is 0.0740 e. The van der Waals surface area contributed by atoms with E-state index in [1.54, 1.807) is 12.4 Å². The Balaban J connectivity index is 1.87. The van der Waals surface area contributed by atoms with Gasteiger partial charge in [0.05, 0.1) is 11.9 Å². The summed E-state index contributed by atoms with van der Waals surface area (Å²) in [5.74, 6) is 0. The molecular weight excluding hydrogens is 296 g/mol. The predicted octanol–water partition coefficient (Wildman–Crippen LogP) is 4.14. The van der Waals surface area contributed by atoms with Gasteiger partial charge in [-0.15, -0.1) is 0 Å². The van der Waals surface area contributed by atoms with Gasteiger partial charge in [-0.2, -0.15) is 5.10 Å². The van der Waals surface area contributed by atoms with Gasteiger partial charge in [-0.25, -0.2) is 4.68 Å². The lowest BCUT2D eigenvalue weighted by molar-refractivity contribution is 0.887. The summed E-state index contributed by atoms with van der Waals surface area (Å²) in [6, 6.07) is 9.66. The van der Waals surface area contributed by atoms with E-state index >= 15 is 0 Å². The molecule has 0 aliphatic heterocycles. The molecule has 0 spiro atoms. The van der Waals surface area contributed by atoms with Crippen LogP contribution in [0, 0.1) is 0 Å². The van der Waals surface area contributed by atoms with Gasteiger partial charge in [-0.3, -0.25) is 9.97 Å². The zero-order chi connectivity index (χ0) is 14.9. The second kappa shape index (κ2) is 5.24. The molecule has 4 rings (SSSR count). The molecule has 0 aliphatic carbocycles. The number of fused-ring (bicyclic) bond motifs is 1. The highest BCUT2D eigenvalue weighted by Crippen LogP contribution is 2.28. The van der Waals surface area contributed by atoms with Gasteiger partial charge in [0.2, 0.25) is 0 Å². The first-order valence-electron chi connectivity index (χ1n) is 6.80. The van der Waals surface area contributed by atoms with E-state index in [0.717, 1.165) is 27.6 Å². The SMILES string of the molecule is Clc1ccc(-n2cc(-c3cccnc3)cn2)c2cnccc12. The lowest BCUT2D eigenvalue weighted by Gasteiger charge is -2.07. The van der Waals surface area contributed by atoms with Crippen molar-refractivity contribution in [1.82, 2.24) is 19.7 Å². The molecule has 0 atom stereocenters. The molecule has 0 unspecified atom stereocenters. The second-order valence-electron chi connectivity index (χ2n) is 4.90. The molecule has 0 saturated heterocycles. The lowest BCUT2D eigenvalue weighted by Crippen LogP contribution is -1.96. The van der Waals surface area contributed by atoms with E-state index in [-0.39, 0.29) is 0 Å². The fraction of sp³-hybridized carbons (Fsp3) is 0. The van der Waals surface area contributed by atoms with Gasteiger partial charge in [0, 0.05) is 57.9 Å². The Morgan fingerprint density at radius 1 is 0.818 bits per heavy atom. The van der Waals surface area contributed by atoms with Crippen molar-refractivity contribution in [3.8, 4) is 16.8 Å². The number of nitrogens with zero attached hydrogens (tertiary/aromatic N) is 4. The van der Waals surface area contributed by atoms with Crippen LogP contribution in [-0.2, 0) is 0 Å². The summed E-state index contributed by atoms with van der Waals surface area (Å²) in [6.45, 7) is 0. The number of hydrogen-bond acceptors (Lipinski definition) is 3. The molecule has 4 aromatic rings. The summed E-state index contributed by atoms with van der Waals surface area (Å²) in [5.41, 5.74) is 2.99. The van der Waals surface area contributed by atoms with Crippen molar-refractivity contribution in [2.75, 3.05) is 0 Å². The van der Waals surface area contributed by atoms with Gasteiger partial charge in [0.25, 0.3) is 0 Å². The van der Waals surface area contributed by atoms with Gasteiger partial charge < -0.3 is 0 Å². The van der Waals surface area contributed by atoms with Crippen LogP contribution in [0.5, 0.6) is 0 Å². The molecule has 0 bridgehead atoms. The summed E-state index contributed by atoms with van der Waals surface area (Å²) in [4.78, 5) is 8.34. The van der Waals surface area contributed by atoms with Crippen molar-refractivity contribution in [2.45, 2.75) is 0 Å². The first kappa shape index (κ1) is 13.0. The summed E-state index contributed by atoms with van der Waals surface area (Å²) in [5, 5.41) is 7.10. The number of pyridine rings is 2. The number of halogens is 1. The van der Waals surface area contributed by atoms with Crippen LogP contribution in [0.25, 0.3) is 27.6 Å². The topological polar surface area (TPSA) is 43.6 Å². The fourth-order valence-corrected chi connectivity index (χ4v) is 2.70. The third kappa shape index (κ3) is 2.14. The molecule has 0 amide bonds. The number of benzene rings is 1. The Hall–Kier alpha value is -2.72. The molecule has 0 aliphatic rings. The standard InChI is InChI=1S/C17H11ClN4/c18-16-3-4-17(15-10-20-7-5-14(15)16)22-11-13(9-21-22)12-2-1-6-19-8-12/h1-11H. The van der Waals surface area contributed by atoms with Gasteiger partial charge in [-0.1, -0.05) is 17.7 Å². The zero-order valence-corrected chi connectivity index (χ0v) is 12.3. The first-order chi connectivity index (χ1) is 10.8. The molecular formula is C17H11ClN4. The molecule has 22 heavy (non-hydrogen) atoms. The predicted molar refractivity (Wildman–Crippen MR) is 87.1 cm³/mol. The average Bonchev–Trinajstić information content (AvgIpc) is 3.06. The van der Waals surface area contributed by atoms with Crippen molar-refractivity contribution < 1.29 is 0 Å². The monoisotopic (exact) mass is 306 g/mol. The van der Waals surface area contributed by atoms with E-state index in [4.69, 9.17) is 11.6 Å². The van der Waals surface area contributed by atoms with E-state index in [2.05, 4.69) is 15.1 Å². The lowest BCUT2D eigenvalue weighted by atomic mass is 10.1. The minimum Gasteiger partial charge on any atom is -0.264 e. The Labute approximate surface area is 132 Å². The quantitative estimate of drug-likeness (QED) is 0.559. The highest BCUT2D eigenvalue weighted by molar-refractivity contribution is 6.35. The minimum atomic E-state index is 0.709. The third-order valence-electron chi connectivity index (χ3n) is 3.57. The molecule has 0 saturated carbocycles. The van der Waals surface area contributed by atoms with Crippen molar-refractivity contribution >= 4 is 22.4 Å². The highest BCUT2D eigenvalue weighted by Gasteiger charge is 2.09. The molecule has 5 heteroatoms. The van der Waals surface area contributed by atoms with Crippen molar-refractivity contribution in [1.29, 1.82) is 0 Å². The molecule has 106 valence electrons. The van der Waals surface area contributed by atoms with E-state index < -0.39 is 0 Å². The Morgan fingerprint density at radius 3 is 2.59 bits per heavy atom. The summed E-state index contributed by atoms with van der Waals surface area (Å²) < 4.78 is 1.84. The molecule has 3 aromatic heterocycles. The number of hydrogen-bond donors (Lipinski definition) is 0. The maximum absolute atomic E-state index is 6.25. The van der Waals surface area contributed by atoms with E-state index in [1.807, 2.05) is 59.8 Å². The third-order valence-corrected chi connectivity index (χ3v) is 3.90. The van der Waals surface area contributed by atoms with Crippen LogP contribution in [-0.4, -0.2) is 19.7 Å². The molecule has 0 N–H and O–H groups in total. The second-order valence-corrected chi connectivity index (χ2v) is 5.31. The summed E-state index contributed by atoms with van der Waals surface area (Å²) >= 11 is 6.25. The maximum Gasteiger partial charge on any atom is 0.0740 e. The van der Waals surface area contributed by atoms with Crippen LogP contribution in [0.3, 0.4) is 0 Å². The zero-order valence-electron chi connectivity index (χ0n) is 11.5. The molecule has 4 nitrogen and oxygen atoms in total. The largest absolute Gasteiger partial charge is 0.264 e. The average molecular weight is 307 g/mol. The molecule has 0 fully saturated rings. The number of aromatic nitrogens is 4. The normalized spacial score (nSPS) is 11.0. The van der Waals surface area contributed by atoms with E-state index in [1.165, 1.54) is 0 Å². The molecule has 3 heterocycles. The summed E-state index contributed by atoms with van der Waals surface area (Å²) in [6.07, 6.45) is 10.9. The van der Waals surface area contributed by atoms with Crippen molar-refractivity contribution in [3.63, 3.8) is 0 Å². The fourth-order valence-electron chi connectivity index (χ4n) is 2.48. The van der Waals surface area contributed by atoms with E-state index in [9.17, 15) is 0 Å². The van der Waals surface area contributed by atoms with Crippen LogP contribution in [0.4, 0.5) is 0 Å². The van der Waals surface area contributed by atoms with Crippen molar-refractivity contribution in [3.05, 3.63) is 72.5 Å². The van der Waals surface area contributed by atoms with Crippen LogP contribution >= 0.6 is 11.6 Å². The van der Waals surface area contributed by atoms with Gasteiger partial charge in [-0.05, 0) is 24.3 Å². The Morgan fingerprint density at radius 2 is 1.73 bits per heavy atom. The van der Waals surface area contributed by atoms with Crippen molar-refractivity contribution in [2.24, 2.45) is 0 Å². The van der Waals surface area contributed by atoms with Crippen LogP contribution in [0.2, 0.25) is 5.02 Å². The van der Waals surface area contributed by atoms with Gasteiger partial charge >= 0.3 is 0 Å². The van der Waals surface area contributed by atoms with Crippen LogP contribution in [0.15, 0.2) is 67.5 Å². The van der Waals surface area contributed by atoms with Crippen LogP contribution < -0.4 is 0 Å². The highest BCUT2D eigenvalue weighted by atomic mass is 35.5. The molecule has 0 radical (unpaired) electrons. The first-order valence-corrected chi connectivity index (χ1v) is 7.18. The number of rotatable bonds is 2. The van der Waals surface area contributed by atoms with Crippen LogP contribution in [0.1, 0.15) is 0 Å². The Kier molecular flexibility index (Phi) is 3.09. The van der Waals surface area contributed by atoms with Gasteiger partial charge in [0.15, 0.2) is 0 Å².